The summed E-state index contributed by atoms with van der Waals surface area (Å²) in [6.45, 7) is 0. The minimum absolute atomic E-state index is 0.00722. The van der Waals surface area contributed by atoms with Crippen LogP contribution in [-0.4, -0.2) is 12.9 Å². The molecule has 0 aromatic heterocycles. The Hall–Kier alpha value is -1.38. The van der Waals surface area contributed by atoms with E-state index in [1.54, 1.807) is 6.07 Å². The van der Waals surface area contributed by atoms with Crippen molar-refractivity contribution in [2.45, 2.75) is 12.8 Å². The van der Waals surface area contributed by atoms with Crippen LogP contribution < -0.4 is 4.74 Å². The van der Waals surface area contributed by atoms with E-state index in [0.29, 0.717) is 29.7 Å². The van der Waals surface area contributed by atoms with Gasteiger partial charge < -0.3 is 4.74 Å². The van der Waals surface area contributed by atoms with Crippen LogP contribution in [0.5, 0.6) is 5.75 Å². The lowest BCUT2D eigenvalue weighted by Crippen LogP contribution is -1.95. The number of halogens is 1. The molecule has 0 fully saturated rings. The van der Waals surface area contributed by atoms with Crippen LogP contribution in [-0.2, 0) is 6.42 Å². The maximum Gasteiger partial charge on any atom is 0.163 e. The van der Waals surface area contributed by atoms with E-state index in [1.165, 1.54) is 13.2 Å². The normalized spacial score (nSPS) is 14.5. The Kier molecular flexibility index (Phi) is 1.79. The van der Waals surface area contributed by atoms with Crippen LogP contribution in [0.4, 0.5) is 4.39 Å². The molecule has 1 aliphatic rings. The third-order valence-electron chi connectivity index (χ3n) is 2.31. The molecule has 68 valence electrons. The second-order valence-corrected chi connectivity index (χ2v) is 3.06. The van der Waals surface area contributed by atoms with E-state index in [0.717, 1.165) is 0 Å². The van der Waals surface area contributed by atoms with Gasteiger partial charge in [0.1, 0.15) is 11.6 Å². The molecule has 0 unspecified atom stereocenters. The van der Waals surface area contributed by atoms with Crippen LogP contribution in [0.3, 0.4) is 0 Å². The molecule has 0 saturated carbocycles. The highest BCUT2D eigenvalue weighted by atomic mass is 19.1. The number of ketones is 1. The molecular weight excluding hydrogens is 171 g/mol. The van der Waals surface area contributed by atoms with Crippen molar-refractivity contribution >= 4 is 5.78 Å². The van der Waals surface area contributed by atoms with Gasteiger partial charge in [-0.1, -0.05) is 0 Å². The van der Waals surface area contributed by atoms with E-state index in [-0.39, 0.29) is 11.6 Å². The van der Waals surface area contributed by atoms with Crippen molar-refractivity contribution in [1.29, 1.82) is 0 Å². The average Bonchev–Trinajstić information content (AvgIpc) is 2.48. The van der Waals surface area contributed by atoms with Crippen LogP contribution in [0.1, 0.15) is 22.3 Å². The van der Waals surface area contributed by atoms with Gasteiger partial charge in [0.25, 0.3) is 0 Å². The highest BCUT2D eigenvalue weighted by molar-refractivity contribution is 6.00. The topological polar surface area (TPSA) is 26.3 Å². The second-order valence-electron chi connectivity index (χ2n) is 3.06. The maximum absolute atomic E-state index is 13.3. The van der Waals surface area contributed by atoms with Crippen LogP contribution >= 0.6 is 0 Å². The summed E-state index contributed by atoms with van der Waals surface area (Å²) in [4.78, 5) is 11.3. The molecule has 3 heteroatoms. The van der Waals surface area contributed by atoms with Crippen molar-refractivity contribution in [2.75, 3.05) is 7.11 Å². The number of carbonyl (C=O) groups excluding carboxylic acids is 1. The predicted octanol–water partition coefficient (Wildman–Crippen LogP) is 1.96. The minimum atomic E-state index is -0.333. The number of hydrogen-bond donors (Lipinski definition) is 0. The average molecular weight is 180 g/mol. The van der Waals surface area contributed by atoms with Gasteiger partial charge >= 0.3 is 0 Å². The molecular formula is C10H9FO2. The summed E-state index contributed by atoms with van der Waals surface area (Å²) in [6.07, 6.45) is 0.934. The number of Topliss-reactive ketones (excluding diaryl/α,β-unsaturated/α-hetero) is 1. The quantitative estimate of drug-likeness (QED) is 0.660. The number of hydrogen-bond acceptors (Lipinski definition) is 2. The van der Waals surface area contributed by atoms with Crippen LogP contribution in [0, 0.1) is 5.82 Å². The maximum atomic E-state index is 13.3. The Morgan fingerprint density at radius 2 is 2.15 bits per heavy atom. The number of methoxy groups -OCH3 is 1. The van der Waals surface area contributed by atoms with Crippen molar-refractivity contribution in [1.82, 2.24) is 0 Å². The third-order valence-corrected chi connectivity index (χ3v) is 2.31. The fourth-order valence-corrected chi connectivity index (χ4v) is 1.61. The van der Waals surface area contributed by atoms with Crippen molar-refractivity contribution in [3.8, 4) is 5.75 Å². The fourth-order valence-electron chi connectivity index (χ4n) is 1.61. The Bertz CT molecular complexity index is 371. The summed E-state index contributed by atoms with van der Waals surface area (Å²) in [5.41, 5.74) is 1.02. The number of carbonyl (C=O) groups is 1. The molecule has 0 saturated heterocycles. The largest absolute Gasteiger partial charge is 0.497 e. The van der Waals surface area contributed by atoms with E-state index < -0.39 is 0 Å². The summed E-state index contributed by atoms with van der Waals surface area (Å²) in [7, 11) is 1.46. The first-order valence-electron chi connectivity index (χ1n) is 4.12. The molecule has 1 aromatic rings. The Morgan fingerprint density at radius 3 is 2.85 bits per heavy atom. The predicted molar refractivity (Wildman–Crippen MR) is 45.6 cm³/mol. The third kappa shape index (κ3) is 1.20. The highest BCUT2D eigenvalue weighted by Crippen LogP contribution is 2.28. The summed E-state index contributed by atoms with van der Waals surface area (Å²) >= 11 is 0. The molecule has 0 N–H and O–H groups in total. The molecule has 2 rings (SSSR count). The van der Waals surface area contributed by atoms with Crippen molar-refractivity contribution in [2.24, 2.45) is 0 Å². The standard InChI is InChI=1S/C10H9FO2/c1-13-6-4-8-7(9(11)5-6)2-3-10(8)12/h4-5H,2-3H2,1H3. The van der Waals surface area contributed by atoms with Gasteiger partial charge in [0.2, 0.25) is 0 Å². The van der Waals surface area contributed by atoms with Gasteiger partial charge in [-0.15, -0.1) is 0 Å². The zero-order valence-corrected chi connectivity index (χ0v) is 7.26. The number of benzene rings is 1. The molecule has 0 heterocycles. The van der Waals surface area contributed by atoms with Gasteiger partial charge in [0.05, 0.1) is 7.11 Å². The van der Waals surface area contributed by atoms with Crippen LogP contribution in [0.25, 0.3) is 0 Å². The smallest absolute Gasteiger partial charge is 0.163 e. The number of ether oxygens (including phenoxy) is 1. The van der Waals surface area contributed by atoms with Gasteiger partial charge in [-0.2, -0.15) is 0 Å². The molecule has 2 nitrogen and oxygen atoms in total. The van der Waals surface area contributed by atoms with Gasteiger partial charge in [0, 0.05) is 18.1 Å². The Balaban J connectivity index is 2.60. The van der Waals surface area contributed by atoms with Gasteiger partial charge in [-0.05, 0) is 18.1 Å². The minimum Gasteiger partial charge on any atom is -0.497 e. The zero-order chi connectivity index (χ0) is 9.42. The first-order valence-corrected chi connectivity index (χ1v) is 4.12. The van der Waals surface area contributed by atoms with Crippen LogP contribution in [0.15, 0.2) is 12.1 Å². The summed E-state index contributed by atoms with van der Waals surface area (Å²) in [6, 6.07) is 2.92. The van der Waals surface area contributed by atoms with E-state index in [9.17, 15) is 9.18 Å². The molecule has 1 aliphatic carbocycles. The molecule has 0 bridgehead atoms. The molecule has 0 spiro atoms. The monoisotopic (exact) mass is 180 g/mol. The second kappa shape index (κ2) is 2.83. The zero-order valence-electron chi connectivity index (χ0n) is 7.26. The fraction of sp³-hybridized carbons (Fsp3) is 0.300. The lowest BCUT2D eigenvalue weighted by atomic mass is 10.1. The number of fused-ring (bicyclic) bond motifs is 1. The summed E-state index contributed by atoms with van der Waals surface area (Å²) in [5.74, 6) is 0.0829. The molecule has 0 atom stereocenters. The van der Waals surface area contributed by atoms with Gasteiger partial charge in [-0.3, -0.25) is 4.79 Å². The van der Waals surface area contributed by atoms with Crippen LogP contribution in [0.2, 0.25) is 0 Å². The molecule has 0 aliphatic heterocycles. The summed E-state index contributed by atoms with van der Waals surface area (Å²) in [5, 5.41) is 0. The number of rotatable bonds is 1. The summed E-state index contributed by atoms with van der Waals surface area (Å²) < 4.78 is 18.2. The van der Waals surface area contributed by atoms with Crippen molar-refractivity contribution in [3.05, 3.63) is 29.1 Å². The van der Waals surface area contributed by atoms with Gasteiger partial charge in [0.15, 0.2) is 5.78 Å². The lowest BCUT2D eigenvalue weighted by molar-refractivity contribution is 0.0994. The highest BCUT2D eigenvalue weighted by Gasteiger charge is 2.23. The lowest BCUT2D eigenvalue weighted by Gasteiger charge is -2.03. The first kappa shape index (κ1) is 8.23. The SMILES string of the molecule is COc1cc(F)c2c(c1)C(=O)CC2. The Labute approximate surface area is 75.3 Å². The van der Waals surface area contributed by atoms with E-state index >= 15 is 0 Å². The van der Waals surface area contributed by atoms with Crippen molar-refractivity contribution in [3.63, 3.8) is 0 Å². The Morgan fingerprint density at radius 1 is 1.38 bits per heavy atom. The van der Waals surface area contributed by atoms with Gasteiger partial charge in [-0.25, -0.2) is 4.39 Å². The molecule has 0 amide bonds. The van der Waals surface area contributed by atoms with E-state index in [1.807, 2.05) is 0 Å². The van der Waals surface area contributed by atoms with E-state index in [4.69, 9.17) is 4.74 Å². The molecule has 13 heavy (non-hydrogen) atoms. The first-order chi connectivity index (χ1) is 6.22. The molecule has 0 radical (unpaired) electrons. The van der Waals surface area contributed by atoms with Crippen molar-refractivity contribution < 1.29 is 13.9 Å². The van der Waals surface area contributed by atoms with E-state index in [2.05, 4.69) is 0 Å². The molecule has 1 aromatic carbocycles.